The lowest BCUT2D eigenvalue weighted by molar-refractivity contribution is 0.0708. The normalized spacial score (nSPS) is 14.6. The Morgan fingerprint density at radius 3 is 2.80 bits per heavy atom. The fourth-order valence-electron chi connectivity index (χ4n) is 2.75. The average Bonchev–Trinajstić information content (AvgIpc) is 3.14. The summed E-state index contributed by atoms with van der Waals surface area (Å²) in [5.74, 6) is 1.11. The van der Waals surface area contributed by atoms with Crippen LogP contribution in [0.4, 0.5) is 5.82 Å². The first kappa shape index (κ1) is 23.1. The monoisotopic (exact) mass is 469 g/mol. The summed E-state index contributed by atoms with van der Waals surface area (Å²) in [4.78, 5) is 22.5. The number of anilines is 1. The molecule has 162 valence electrons. The van der Waals surface area contributed by atoms with Crippen LogP contribution in [0.2, 0.25) is 0 Å². The Balaban J connectivity index is 1.53. The SMILES string of the molecule is CSSCc1ccccc1COP(=O)(O)COC(C)Cn1cnc2c(N)ncnc21. The van der Waals surface area contributed by atoms with E-state index in [1.54, 1.807) is 39.4 Å². The first-order valence-electron chi connectivity index (χ1n) is 9.11. The lowest BCUT2D eigenvalue weighted by Gasteiger charge is -2.18. The van der Waals surface area contributed by atoms with Crippen LogP contribution in [-0.4, -0.2) is 43.1 Å². The molecule has 0 aliphatic carbocycles. The molecule has 0 aliphatic rings. The second kappa shape index (κ2) is 10.6. The summed E-state index contributed by atoms with van der Waals surface area (Å²) in [7, 11) is -0.528. The molecule has 0 bridgehead atoms. The molecule has 30 heavy (non-hydrogen) atoms. The van der Waals surface area contributed by atoms with E-state index in [4.69, 9.17) is 15.0 Å². The maximum absolute atomic E-state index is 12.4. The van der Waals surface area contributed by atoms with Crippen LogP contribution in [0.15, 0.2) is 36.9 Å². The molecule has 0 aliphatic heterocycles. The van der Waals surface area contributed by atoms with Gasteiger partial charge in [-0.25, -0.2) is 15.0 Å². The van der Waals surface area contributed by atoms with Crippen molar-refractivity contribution < 1.29 is 18.7 Å². The van der Waals surface area contributed by atoms with E-state index < -0.39 is 13.9 Å². The van der Waals surface area contributed by atoms with E-state index in [1.807, 2.05) is 30.5 Å². The van der Waals surface area contributed by atoms with Crippen molar-refractivity contribution in [1.29, 1.82) is 0 Å². The van der Waals surface area contributed by atoms with Gasteiger partial charge in [-0.05, 0) is 24.3 Å². The Kier molecular flexibility index (Phi) is 8.15. The van der Waals surface area contributed by atoms with Crippen molar-refractivity contribution in [2.45, 2.75) is 31.9 Å². The predicted octanol–water partition coefficient (Wildman–Crippen LogP) is 3.68. The van der Waals surface area contributed by atoms with E-state index in [0.29, 0.717) is 23.5 Å². The van der Waals surface area contributed by atoms with Crippen molar-refractivity contribution in [3.8, 4) is 0 Å². The Morgan fingerprint density at radius 1 is 1.27 bits per heavy atom. The summed E-state index contributed by atoms with van der Waals surface area (Å²) in [6.07, 6.45) is 4.20. The second-order valence-electron chi connectivity index (χ2n) is 6.54. The molecule has 1 aromatic carbocycles. The highest BCUT2D eigenvalue weighted by molar-refractivity contribution is 8.76. The molecular formula is C18H24N5O4PS2. The number of hydrogen-bond donors (Lipinski definition) is 2. The van der Waals surface area contributed by atoms with E-state index in [1.165, 1.54) is 6.33 Å². The summed E-state index contributed by atoms with van der Waals surface area (Å²) in [5.41, 5.74) is 8.86. The van der Waals surface area contributed by atoms with Gasteiger partial charge in [-0.3, -0.25) is 4.57 Å². The van der Waals surface area contributed by atoms with E-state index >= 15 is 0 Å². The highest BCUT2D eigenvalue weighted by Gasteiger charge is 2.22. The van der Waals surface area contributed by atoms with Gasteiger partial charge < -0.3 is 24.5 Å². The predicted molar refractivity (Wildman–Crippen MR) is 121 cm³/mol. The third-order valence-corrected chi connectivity index (χ3v) is 7.01. The van der Waals surface area contributed by atoms with Crippen molar-refractivity contribution in [2.24, 2.45) is 0 Å². The highest BCUT2D eigenvalue weighted by Crippen LogP contribution is 2.43. The number of rotatable bonds is 11. The topological polar surface area (TPSA) is 125 Å². The fourth-order valence-corrected chi connectivity index (χ4v) is 4.87. The smallest absolute Gasteiger partial charge is 0.353 e. The summed E-state index contributed by atoms with van der Waals surface area (Å²) in [5, 5.41) is 0. The van der Waals surface area contributed by atoms with Crippen LogP contribution in [0.5, 0.6) is 0 Å². The van der Waals surface area contributed by atoms with Gasteiger partial charge >= 0.3 is 7.60 Å². The van der Waals surface area contributed by atoms with Gasteiger partial charge in [0.25, 0.3) is 0 Å². The van der Waals surface area contributed by atoms with Gasteiger partial charge in [0.2, 0.25) is 0 Å². The van der Waals surface area contributed by atoms with Crippen molar-refractivity contribution in [3.63, 3.8) is 0 Å². The van der Waals surface area contributed by atoms with Gasteiger partial charge in [-0.1, -0.05) is 45.9 Å². The molecular weight excluding hydrogens is 445 g/mol. The Hall–Kier alpha value is -1.62. The number of nitrogens with two attached hydrogens (primary N) is 1. The van der Waals surface area contributed by atoms with Gasteiger partial charge in [-0.15, -0.1) is 0 Å². The molecule has 2 aromatic heterocycles. The minimum absolute atomic E-state index is 0.0546. The zero-order chi connectivity index (χ0) is 21.6. The van der Waals surface area contributed by atoms with Crippen LogP contribution in [0.3, 0.4) is 0 Å². The number of aromatic nitrogens is 4. The first-order valence-corrected chi connectivity index (χ1v) is 13.6. The Labute approximate surface area is 182 Å². The number of ether oxygens (including phenoxy) is 1. The summed E-state index contributed by atoms with van der Waals surface area (Å²) >= 11 is 0. The molecule has 3 rings (SSSR count). The largest absolute Gasteiger partial charge is 0.382 e. The van der Waals surface area contributed by atoms with Crippen molar-refractivity contribution in [1.82, 2.24) is 19.5 Å². The molecule has 0 radical (unpaired) electrons. The standard InChI is InChI=1S/C18H24N5O4PS2/c1-13(7-23-11-22-16-17(19)20-10-21-18(16)23)26-12-28(24,25)27-8-14-5-3-4-6-15(14)9-30-29-2/h3-6,10-11,13H,7-9,12H2,1-2H3,(H,24,25)(H2,19,20,21). The van der Waals surface area contributed by atoms with Crippen LogP contribution < -0.4 is 5.73 Å². The van der Waals surface area contributed by atoms with Crippen molar-refractivity contribution in [3.05, 3.63) is 48.0 Å². The van der Waals surface area contributed by atoms with Gasteiger partial charge in [0.15, 0.2) is 11.5 Å². The average molecular weight is 470 g/mol. The minimum atomic E-state index is -3.91. The van der Waals surface area contributed by atoms with E-state index in [0.717, 1.165) is 16.9 Å². The summed E-state index contributed by atoms with van der Waals surface area (Å²) in [6, 6.07) is 7.73. The number of nitrogens with zero attached hydrogens (tertiary/aromatic N) is 4. The van der Waals surface area contributed by atoms with Gasteiger partial charge in [0, 0.05) is 5.75 Å². The van der Waals surface area contributed by atoms with Crippen LogP contribution in [0, 0.1) is 0 Å². The molecule has 3 aromatic rings. The van der Waals surface area contributed by atoms with Crippen LogP contribution >= 0.6 is 29.2 Å². The second-order valence-corrected chi connectivity index (χ2v) is 10.9. The fraction of sp³-hybridized carbons (Fsp3) is 0.389. The number of imidazole rings is 1. The van der Waals surface area contributed by atoms with Crippen LogP contribution in [0.25, 0.3) is 11.2 Å². The van der Waals surface area contributed by atoms with Crippen LogP contribution in [0.1, 0.15) is 18.1 Å². The van der Waals surface area contributed by atoms with E-state index in [9.17, 15) is 9.46 Å². The molecule has 2 atom stereocenters. The summed E-state index contributed by atoms with van der Waals surface area (Å²) in [6.45, 7) is 2.24. The van der Waals surface area contributed by atoms with E-state index in [2.05, 4.69) is 15.0 Å². The first-order chi connectivity index (χ1) is 14.4. The zero-order valence-corrected chi connectivity index (χ0v) is 19.2. The maximum Gasteiger partial charge on any atom is 0.353 e. The summed E-state index contributed by atoms with van der Waals surface area (Å²) < 4.78 is 25.1. The van der Waals surface area contributed by atoms with Gasteiger partial charge in [-0.2, -0.15) is 0 Å². The molecule has 9 nitrogen and oxygen atoms in total. The molecule has 2 unspecified atom stereocenters. The molecule has 3 N–H and O–H groups in total. The Morgan fingerprint density at radius 2 is 2.03 bits per heavy atom. The van der Waals surface area contributed by atoms with Gasteiger partial charge in [0.1, 0.15) is 18.2 Å². The minimum Gasteiger partial charge on any atom is -0.382 e. The number of benzene rings is 1. The highest BCUT2D eigenvalue weighted by atomic mass is 33.1. The lowest BCUT2D eigenvalue weighted by atomic mass is 10.1. The molecule has 0 spiro atoms. The lowest BCUT2D eigenvalue weighted by Crippen LogP contribution is -2.17. The molecule has 0 fully saturated rings. The number of fused-ring (bicyclic) bond motifs is 1. The molecule has 0 amide bonds. The maximum atomic E-state index is 12.4. The van der Waals surface area contributed by atoms with Crippen molar-refractivity contribution >= 4 is 46.2 Å². The van der Waals surface area contributed by atoms with Crippen LogP contribution in [-0.2, 0) is 32.7 Å². The molecule has 0 saturated heterocycles. The zero-order valence-electron chi connectivity index (χ0n) is 16.7. The molecule has 2 heterocycles. The van der Waals surface area contributed by atoms with Gasteiger partial charge in [0.05, 0.1) is 25.6 Å². The number of nitrogen functional groups attached to an aromatic ring is 1. The quantitative estimate of drug-likeness (QED) is 0.317. The number of hydrogen-bond acceptors (Lipinski definition) is 9. The van der Waals surface area contributed by atoms with E-state index in [-0.39, 0.29) is 12.7 Å². The third-order valence-electron chi connectivity index (χ3n) is 4.28. The van der Waals surface area contributed by atoms with Crippen molar-refractivity contribution in [2.75, 3.05) is 18.3 Å². The molecule has 0 saturated carbocycles. The Bertz CT molecular complexity index is 1030. The molecule has 12 heteroatoms. The third kappa shape index (κ3) is 6.19.